The Bertz CT molecular complexity index is 401. The van der Waals surface area contributed by atoms with Crippen molar-refractivity contribution in [2.45, 2.75) is 45.1 Å². The standard InChI is InChI=1S/C19H30N2/c1-17-7-15-21(16-8-17)19-10-13-20(14-11-19)12-9-18-5-3-2-4-6-18/h2-6,17,19H,7-16H2,1H3. The first-order chi connectivity index (χ1) is 10.3. The van der Waals surface area contributed by atoms with Gasteiger partial charge in [0.05, 0.1) is 0 Å². The van der Waals surface area contributed by atoms with E-state index >= 15 is 0 Å². The topological polar surface area (TPSA) is 6.48 Å². The molecule has 21 heavy (non-hydrogen) atoms. The minimum absolute atomic E-state index is 0.866. The largest absolute Gasteiger partial charge is 0.303 e. The van der Waals surface area contributed by atoms with E-state index in [-0.39, 0.29) is 0 Å². The Morgan fingerprint density at radius 2 is 1.57 bits per heavy atom. The minimum Gasteiger partial charge on any atom is -0.303 e. The zero-order chi connectivity index (χ0) is 14.5. The molecule has 2 heteroatoms. The summed E-state index contributed by atoms with van der Waals surface area (Å²) in [6.07, 6.45) is 6.78. The van der Waals surface area contributed by atoms with Crippen molar-refractivity contribution < 1.29 is 0 Å². The van der Waals surface area contributed by atoms with Gasteiger partial charge in [0, 0.05) is 12.6 Å². The van der Waals surface area contributed by atoms with Crippen molar-refractivity contribution in [3.63, 3.8) is 0 Å². The van der Waals surface area contributed by atoms with E-state index in [0.29, 0.717) is 0 Å². The van der Waals surface area contributed by atoms with Gasteiger partial charge in [-0.2, -0.15) is 0 Å². The minimum atomic E-state index is 0.866. The molecule has 116 valence electrons. The number of hydrogen-bond donors (Lipinski definition) is 0. The lowest BCUT2D eigenvalue weighted by atomic mass is 9.95. The van der Waals surface area contributed by atoms with Crippen LogP contribution in [-0.2, 0) is 6.42 Å². The van der Waals surface area contributed by atoms with Crippen molar-refractivity contribution in [2.24, 2.45) is 5.92 Å². The van der Waals surface area contributed by atoms with Crippen LogP contribution in [0, 0.1) is 5.92 Å². The van der Waals surface area contributed by atoms with Crippen molar-refractivity contribution in [1.29, 1.82) is 0 Å². The van der Waals surface area contributed by atoms with Crippen LogP contribution in [0.15, 0.2) is 30.3 Å². The Balaban J connectivity index is 1.39. The average molecular weight is 286 g/mol. The van der Waals surface area contributed by atoms with Gasteiger partial charge in [-0.05, 0) is 69.8 Å². The zero-order valence-corrected chi connectivity index (χ0v) is 13.5. The number of nitrogens with zero attached hydrogens (tertiary/aromatic N) is 2. The molecule has 0 radical (unpaired) electrons. The molecule has 0 atom stereocenters. The second kappa shape index (κ2) is 7.42. The molecule has 1 aromatic carbocycles. The third-order valence-corrected chi connectivity index (χ3v) is 5.45. The first-order valence-corrected chi connectivity index (χ1v) is 8.81. The fourth-order valence-corrected chi connectivity index (χ4v) is 3.83. The second-order valence-corrected chi connectivity index (χ2v) is 7.03. The summed E-state index contributed by atoms with van der Waals surface area (Å²) in [5.41, 5.74) is 1.48. The summed E-state index contributed by atoms with van der Waals surface area (Å²) in [6, 6.07) is 11.8. The lowest BCUT2D eigenvalue weighted by molar-refractivity contribution is 0.0808. The second-order valence-electron chi connectivity index (χ2n) is 7.03. The van der Waals surface area contributed by atoms with Crippen LogP contribution in [0.3, 0.4) is 0 Å². The maximum Gasteiger partial charge on any atom is 0.0120 e. The summed E-state index contributed by atoms with van der Waals surface area (Å²) in [5.74, 6) is 0.951. The monoisotopic (exact) mass is 286 g/mol. The van der Waals surface area contributed by atoms with Crippen LogP contribution in [0.2, 0.25) is 0 Å². The summed E-state index contributed by atoms with van der Waals surface area (Å²) in [4.78, 5) is 5.44. The number of rotatable bonds is 4. The predicted molar refractivity (Wildman–Crippen MR) is 89.6 cm³/mol. The lowest BCUT2D eigenvalue weighted by Crippen LogP contribution is -2.47. The smallest absolute Gasteiger partial charge is 0.0120 e. The summed E-state index contributed by atoms with van der Waals surface area (Å²) in [6.45, 7) is 8.91. The van der Waals surface area contributed by atoms with Gasteiger partial charge in [0.1, 0.15) is 0 Å². The fraction of sp³-hybridized carbons (Fsp3) is 0.684. The van der Waals surface area contributed by atoms with Crippen molar-refractivity contribution in [1.82, 2.24) is 9.80 Å². The SMILES string of the molecule is CC1CCN(C2CCN(CCc3ccccc3)CC2)CC1. The predicted octanol–water partition coefficient (Wildman–Crippen LogP) is 3.43. The Morgan fingerprint density at radius 3 is 2.24 bits per heavy atom. The third-order valence-electron chi connectivity index (χ3n) is 5.45. The molecule has 0 saturated carbocycles. The Kier molecular flexibility index (Phi) is 5.32. The van der Waals surface area contributed by atoms with E-state index in [1.165, 1.54) is 70.4 Å². The van der Waals surface area contributed by atoms with Crippen LogP contribution in [-0.4, -0.2) is 48.6 Å². The molecule has 0 amide bonds. The summed E-state index contributed by atoms with van der Waals surface area (Å²) in [7, 11) is 0. The highest BCUT2D eigenvalue weighted by molar-refractivity contribution is 5.14. The van der Waals surface area contributed by atoms with Crippen LogP contribution in [0.5, 0.6) is 0 Å². The molecule has 0 aromatic heterocycles. The average Bonchev–Trinajstić information content (AvgIpc) is 2.55. The van der Waals surface area contributed by atoms with Crippen LogP contribution >= 0.6 is 0 Å². The number of hydrogen-bond acceptors (Lipinski definition) is 2. The molecule has 2 aliphatic rings. The first kappa shape index (κ1) is 15.1. The van der Waals surface area contributed by atoms with Crippen molar-refractivity contribution in [2.75, 3.05) is 32.7 Å². The molecule has 0 aliphatic carbocycles. The Morgan fingerprint density at radius 1 is 0.905 bits per heavy atom. The van der Waals surface area contributed by atoms with Gasteiger partial charge < -0.3 is 9.80 Å². The summed E-state index contributed by atoms with van der Waals surface area (Å²) < 4.78 is 0. The van der Waals surface area contributed by atoms with E-state index in [0.717, 1.165) is 12.0 Å². The molecule has 1 aromatic rings. The fourth-order valence-electron chi connectivity index (χ4n) is 3.83. The third kappa shape index (κ3) is 4.31. The molecular weight excluding hydrogens is 256 g/mol. The molecule has 0 N–H and O–H groups in total. The Labute approximate surface area is 130 Å². The molecule has 0 spiro atoms. The summed E-state index contributed by atoms with van der Waals surface area (Å²) in [5, 5.41) is 0. The molecule has 0 unspecified atom stereocenters. The number of piperidine rings is 2. The van der Waals surface area contributed by atoms with Crippen LogP contribution in [0.1, 0.15) is 38.2 Å². The van der Waals surface area contributed by atoms with Crippen LogP contribution in [0.25, 0.3) is 0 Å². The normalized spacial score (nSPS) is 23.5. The van der Waals surface area contributed by atoms with E-state index < -0.39 is 0 Å². The van der Waals surface area contributed by atoms with Gasteiger partial charge in [-0.25, -0.2) is 0 Å². The molecule has 2 fully saturated rings. The van der Waals surface area contributed by atoms with Gasteiger partial charge in [0.25, 0.3) is 0 Å². The quantitative estimate of drug-likeness (QED) is 0.837. The molecule has 2 nitrogen and oxygen atoms in total. The molecule has 3 rings (SSSR count). The van der Waals surface area contributed by atoms with Gasteiger partial charge in [-0.15, -0.1) is 0 Å². The van der Waals surface area contributed by atoms with Gasteiger partial charge in [-0.1, -0.05) is 37.3 Å². The highest BCUT2D eigenvalue weighted by atomic mass is 15.2. The van der Waals surface area contributed by atoms with Crippen LogP contribution < -0.4 is 0 Å². The van der Waals surface area contributed by atoms with Crippen LogP contribution in [0.4, 0.5) is 0 Å². The van der Waals surface area contributed by atoms with Crippen molar-refractivity contribution >= 4 is 0 Å². The lowest BCUT2D eigenvalue weighted by Gasteiger charge is -2.41. The zero-order valence-electron chi connectivity index (χ0n) is 13.5. The highest BCUT2D eigenvalue weighted by Crippen LogP contribution is 2.23. The first-order valence-electron chi connectivity index (χ1n) is 8.81. The van der Waals surface area contributed by atoms with Crippen molar-refractivity contribution in [3.8, 4) is 0 Å². The van der Waals surface area contributed by atoms with Crippen molar-refractivity contribution in [3.05, 3.63) is 35.9 Å². The van der Waals surface area contributed by atoms with E-state index in [2.05, 4.69) is 47.1 Å². The molecule has 0 bridgehead atoms. The Hall–Kier alpha value is -0.860. The van der Waals surface area contributed by atoms with E-state index in [4.69, 9.17) is 0 Å². The van der Waals surface area contributed by atoms with Gasteiger partial charge in [0.15, 0.2) is 0 Å². The molecular formula is C19H30N2. The molecule has 2 aliphatic heterocycles. The van der Waals surface area contributed by atoms with Gasteiger partial charge in [0.2, 0.25) is 0 Å². The molecule has 2 saturated heterocycles. The van der Waals surface area contributed by atoms with Gasteiger partial charge in [-0.3, -0.25) is 0 Å². The van der Waals surface area contributed by atoms with E-state index in [9.17, 15) is 0 Å². The molecule has 2 heterocycles. The van der Waals surface area contributed by atoms with E-state index in [1.807, 2.05) is 0 Å². The summed E-state index contributed by atoms with van der Waals surface area (Å²) >= 11 is 0. The highest BCUT2D eigenvalue weighted by Gasteiger charge is 2.26. The maximum absolute atomic E-state index is 2.77. The van der Waals surface area contributed by atoms with E-state index in [1.54, 1.807) is 0 Å². The number of likely N-dealkylation sites (tertiary alicyclic amines) is 2. The van der Waals surface area contributed by atoms with Gasteiger partial charge >= 0.3 is 0 Å². The maximum atomic E-state index is 2.77. The number of benzene rings is 1.